The normalized spacial score (nSPS) is 21.1. The SMILES string of the molecule is CCN1CCN(CCCCNC(=NC)NCC2CCCN2Cc2ccccc2)CC1.I. The topological polar surface area (TPSA) is 46.1 Å². The van der Waals surface area contributed by atoms with E-state index in [1.54, 1.807) is 0 Å². The van der Waals surface area contributed by atoms with Gasteiger partial charge in [-0.2, -0.15) is 0 Å². The van der Waals surface area contributed by atoms with Crippen molar-refractivity contribution in [2.45, 2.75) is 45.2 Å². The molecule has 6 nitrogen and oxygen atoms in total. The molecule has 2 aliphatic rings. The quantitative estimate of drug-likeness (QED) is 0.206. The number of nitrogens with zero attached hydrogens (tertiary/aromatic N) is 4. The molecule has 2 N–H and O–H groups in total. The molecule has 0 saturated carbocycles. The lowest BCUT2D eigenvalue weighted by molar-refractivity contribution is 0.136. The number of guanidine groups is 1. The summed E-state index contributed by atoms with van der Waals surface area (Å²) < 4.78 is 0. The van der Waals surface area contributed by atoms with Gasteiger partial charge in [0.15, 0.2) is 5.96 Å². The number of piperazine rings is 1. The number of halogens is 1. The maximum absolute atomic E-state index is 4.42. The van der Waals surface area contributed by atoms with E-state index < -0.39 is 0 Å². The number of unbranched alkanes of at least 4 members (excludes halogenated alkanes) is 1. The van der Waals surface area contributed by atoms with Crippen molar-refractivity contribution in [1.29, 1.82) is 0 Å². The molecule has 2 heterocycles. The summed E-state index contributed by atoms with van der Waals surface area (Å²) >= 11 is 0. The van der Waals surface area contributed by atoms with Crippen LogP contribution in [0.4, 0.5) is 0 Å². The minimum absolute atomic E-state index is 0. The van der Waals surface area contributed by atoms with E-state index in [0.717, 1.165) is 25.6 Å². The van der Waals surface area contributed by atoms with Crippen molar-refractivity contribution in [3.63, 3.8) is 0 Å². The first-order valence-electron chi connectivity index (χ1n) is 12.0. The third-order valence-electron chi connectivity index (χ3n) is 6.56. The molecule has 0 aromatic heterocycles. The van der Waals surface area contributed by atoms with E-state index >= 15 is 0 Å². The first-order valence-corrected chi connectivity index (χ1v) is 12.0. The van der Waals surface area contributed by atoms with Gasteiger partial charge in [-0.1, -0.05) is 37.3 Å². The van der Waals surface area contributed by atoms with Gasteiger partial charge < -0.3 is 20.4 Å². The minimum Gasteiger partial charge on any atom is -0.356 e. The highest BCUT2D eigenvalue weighted by atomic mass is 127. The number of rotatable bonds is 10. The van der Waals surface area contributed by atoms with Crippen LogP contribution in [0.15, 0.2) is 35.3 Å². The Bertz CT molecular complexity index is 618. The molecule has 7 heteroatoms. The number of aliphatic imine (C=N–C) groups is 1. The van der Waals surface area contributed by atoms with Crippen molar-refractivity contribution < 1.29 is 0 Å². The van der Waals surface area contributed by atoms with Crippen LogP contribution in [0.2, 0.25) is 0 Å². The highest BCUT2D eigenvalue weighted by Gasteiger charge is 2.24. The Kier molecular flexibility index (Phi) is 12.8. The van der Waals surface area contributed by atoms with Gasteiger partial charge in [0.2, 0.25) is 0 Å². The highest BCUT2D eigenvalue weighted by Crippen LogP contribution is 2.19. The van der Waals surface area contributed by atoms with Gasteiger partial charge in [0.1, 0.15) is 0 Å². The van der Waals surface area contributed by atoms with Crippen LogP contribution in [0, 0.1) is 0 Å². The van der Waals surface area contributed by atoms with Crippen LogP contribution in [0.1, 0.15) is 38.2 Å². The Hall–Kier alpha value is -0.900. The molecule has 0 spiro atoms. The zero-order valence-electron chi connectivity index (χ0n) is 19.6. The van der Waals surface area contributed by atoms with E-state index in [-0.39, 0.29) is 24.0 Å². The van der Waals surface area contributed by atoms with E-state index in [1.165, 1.54) is 77.1 Å². The maximum atomic E-state index is 4.42. The van der Waals surface area contributed by atoms with Crippen LogP contribution in [-0.2, 0) is 6.54 Å². The Morgan fingerprint density at radius 2 is 1.74 bits per heavy atom. The Morgan fingerprint density at radius 3 is 2.45 bits per heavy atom. The average Bonchev–Trinajstić information content (AvgIpc) is 3.23. The molecule has 0 aliphatic carbocycles. The second-order valence-electron chi connectivity index (χ2n) is 8.62. The molecule has 1 aromatic carbocycles. The van der Waals surface area contributed by atoms with E-state index in [0.29, 0.717) is 6.04 Å². The summed E-state index contributed by atoms with van der Waals surface area (Å²) in [6, 6.07) is 11.4. The van der Waals surface area contributed by atoms with Crippen LogP contribution in [-0.4, -0.2) is 92.7 Å². The largest absolute Gasteiger partial charge is 0.356 e. The first kappa shape index (κ1) is 26.4. The standard InChI is InChI=1S/C24H42N6.HI/c1-3-28-16-18-29(19-17-28)14-8-7-13-26-24(25-2)27-20-23-12-9-15-30(23)21-22-10-5-4-6-11-22;/h4-6,10-11,23H,3,7-9,12-21H2,1-2H3,(H2,25,26,27);1H. The molecule has 0 radical (unpaired) electrons. The van der Waals surface area contributed by atoms with E-state index in [4.69, 9.17) is 0 Å². The minimum atomic E-state index is 0. The Labute approximate surface area is 206 Å². The third-order valence-corrected chi connectivity index (χ3v) is 6.56. The number of benzene rings is 1. The number of hydrogen-bond acceptors (Lipinski definition) is 4. The fourth-order valence-electron chi connectivity index (χ4n) is 4.58. The van der Waals surface area contributed by atoms with Gasteiger partial charge in [-0.3, -0.25) is 9.89 Å². The van der Waals surface area contributed by atoms with Gasteiger partial charge in [-0.15, -0.1) is 24.0 Å². The van der Waals surface area contributed by atoms with Crippen molar-refractivity contribution in [2.24, 2.45) is 4.99 Å². The molecule has 2 fully saturated rings. The van der Waals surface area contributed by atoms with Crippen molar-refractivity contribution in [1.82, 2.24) is 25.3 Å². The number of hydrogen-bond donors (Lipinski definition) is 2. The van der Waals surface area contributed by atoms with Gasteiger partial charge in [-0.25, -0.2) is 0 Å². The van der Waals surface area contributed by atoms with E-state index in [1.807, 2.05) is 7.05 Å². The summed E-state index contributed by atoms with van der Waals surface area (Å²) in [7, 11) is 1.87. The highest BCUT2D eigenvalue weighted by molar-refractivity contribution is 14.0. The zero-order valence-corrected chi connectivity index (χ0v) is 21.9. The van der Waals surface area contributed by atoms with Gasteiger partial charge in [0, 0.05) is 58.9 Å². The van der Waals surface area contributed by atoms with Crippen LogP contribution in [0.5, 0.6) is 0 Å². The predicted molar refractivity (Wildman–Crippen MR) is 142 cm³/mol. The molecule has 2 aliphatic heterocycles. The lowest BCUT2D eigenvalue weighted by Crippen LogP contribution is -2.46. The fourth-order valence-corrected chi connectivity index (χ4v) is 4.58. The predicted octanol–water partition coefficient (Wildman–Crippen LogP) is 2.85. The summed E-state index contributed by atoms with van der Waals surface area (Å²) in [5, 5.41) is 7.07. The third kappa shape index (κ3) is 9.24. The fraction of sp³-hybridized carbons (Fsp3) is 0.708. The summed E-state index contributed by atoms with van der Waals surface area (Å²) in [4.78, 5) is 12.2. The number of nitrogens with one attached hydrogen (secondary N) is 2. The molecule has 1 unspecified atom stereocenters. The van der Waals surface area contributed by atoms with Crippen molar-refractivity contribution >= 4 is 29.9 Å². The molecule has 31 heavy (non-hydrogen) atoms. The summed E-state index contributed by atoms with van der Waals surface area (Å²) in [6.07, 6.45) is 5.00. The average molecular weight is 543 g/mol. The van der Waals surface area contributed by atoms with Crippen LogP contribution in [0.3, 0.4) is 0 Å². The second kappa shape index (κ2) is 15.0. The van der Waals surface area contributed by atoms with Crippen molar-refractivity contribution in [3.8, 4) is 0 Å². The lowest BCUT2D eigenvalue weighted by Gasteiger charge is -2.34. The summed E-state index contributed by atoms with van der Waals surface area (Å²) in [5.74, 6) is 0.943. The Morgan fingerprint density at radius 1 is 1.00 bits per heavy atom. The van der Waals surface area contributed by atoms with Crippen LogP contribution in [0.25, 0.3) is 0 Å². The monoisotopic (exact) mass is 542 g/mol. The van der Waals surface area contributed by atoms with Gasteiger partial charge >= 0.3 is 0 Å². The molecule has 2 saturated heterocycles. The number of likely N-dealkylation sites (N-methyl/N-ethyl adjacent to an activating group) is 1. The van der Waals surface area contributed by atoms with E-state index in [9.17, 15) is 0 Å². The number of likely N-dealkylation sites (tertiary alicyclic amines) is 1. The lowest BCUT2D eigenvalue weighted by atomic mass is 10.2. The van der Waals surface area contributed by atoms with Crippen LogP contribution < -0.4 is 10.6 Å². The Balaban J connectivity index is 0.00000341. The molecule has 0 amide bonds. The van der Waals surface area contributed by atoms with Crippen LogP contribution >= 0.6 is 24.0 Å². The van der Waals surface area contributed by atoms with E-state index in [2.05, 4.69) is 67.6 Å². The van der Waals surface area contributed by atoms with Gasteiger partial charge in [0.05, 0.1) is 0 Å². The van der Waals surface area contributed by atoms with Crippen molar-refractivity contribution in [3.05, 3.63) is 35.9 Å². The molecular weight excluding hydrogens is 499 g/mol. The van der Waals surface area contributed by atoms with Crippen molar-refractivity contribution in [2.75, 3.05) is 66.0 Å². The smallest absolute Gasteiger partial charge is 0.191 e. The maximum Gasteiger partial charge on any atom is 0.191 e. The molecule has 0 bridgehead atoms. The molecule has 1 atom stereocenters. The summed E-state index contributed by atoms with van der Waals surface area (Å²) in [6.45, 7) is 13.8. The molecular formula is C24H43IN6. The first-order chi connectivity index (χ1) is 14.8. The molecule has 3 rings (SSSR count). The summed E-state index contributed by atoms with van der Waals surface area (Å²) in [5.41, 5.74) is 1.41. The second-order valence-corrected chi connectivity index (χ2v) is 8.62. The molecule has 176 valence electrons. The zero-order chi connectivity index (χ0) is 21.0. The van der Waals surface area contributed by atoms with Gasteiger partial charge in [0.25, 0.3) is 0 Å². The van der Waals surface area contributed by atoms with Gasteiger partial charge in [-0.05, 0) is 50.9 Å². The molecule has 1 aromatic rings.